The van der Waals surface area contributed by atoms with Crippen molar-refractivity contribution < 1.29 is 14.3 Å². The normalized spacial score (nSPS) is 12.3. The highest BCUT2D eigenvalue weighted by molar-refractivity contribution is 7.17. The Labute approximate surface area is 188 Å². The summed E-state index contributed by atoms with van der Waals surface area (Å²) in [7, 11) is 3.28. The Bertz CT molecular complexity index is 1160. The maximum absolute atomic E-state index is 13.1. The summed E-state index contributed by atoms with van der Waals surface area (Å²) in [4.78, 5) is 28.2. The summed E-state index contributed by atoms with van der Waals surface area (Å²) < 4.78 is 5.87. The van der Waals surface area contributed by atoms with E-state index in [1.807, 2.05) is 12.1 Å². The zero-order valence-corrected chi connectivity index (χ0v) is 18.6. The van der Waals surface area contributed by atoms with Gasteiger partial charge in [0.05, 0.1) is 22.2 Å². The molecule has 2 amide bonds. The zero-order chi connectivity index (χ0) is 21.4. The van der Waals surface area contributed by atoms with Crippen molar-refractivity contribution in [1.29, 1.82) is 0 Å². The molecule has 154 valence electrons. The van der Waals surface area contributed by atoms with E-state index in [4.69, 9.17) is 27.9 Å². The molecule has 2 aromatic carbocycles. The summed E-state index contributed by atoms with van der Waals surface area (Å²) in [6, 6.07) is 12.3. The van der Waals surface area contributed by atoms with E-state index < -0.39 is 0 Å². The molecule has 3 aromatic rings. The molecule has 1 aliphatic rings. The van der Waals surface area contributed by atoms with Crippen molar-refractivity contribution in [2.24, 2.45) is 0 Å². The SMILES string of the molecule is CNC(=O)c1ccc2c(c1)OCCc1cc(C(=O)N(C)c3ccc(Cl)cc3Cl)sc1-2. The number of ether oxygens (including phenoxy) is 1. The minimum atomic E-state index is -0.172. The second-order valence-electron chi connectivity index (χ2n) is 6.81. The van der Waals surface area contributed by atoms with Crippen LogP contribution in [0.4, 0.5) is 5.69 Å². The zero-order valence-electron chi connectivity index (χ0n) is 16.3. The third-order valence-electron chi connectivity index (χ3n) is 4.94. The number of hydrogen-bond acceptors (Lipinski definition) is 4. The lowest BCUT2D eigenvalue weighted by Crippen LogP contribution is -2.25. The molecule has 0 saturated heterocycles. The van der Waals surface area contributed by atoms with Gasteiger partial charge in [0.2, 0.25) is 0 Å². The summed E-state index contributed by atoms with van der Waals surface area (Å²) in [5.74, 6) is 0.320. The molecular weight excluding hydrogens is 443 g/mol. The fourth-order valence-electron chi connectivity index (χ4n) is 3.36. The van der Waals surface area contributed by atoms with E-state index in [1.54, 1.807) is 44.4 Å². The molecule has 1 aliphatic heterocycles. The number of nitrogens with zero attached hydrogens (tertiary/aromatic N) is 1. The van der Waals surface area contributed by atoms with Gasteiger partial charge < -0.3 is 15.0 Å². The van der Waals surface area contributed by atoms with Crippen LogP contribution in [0.1, 0.15) is 25.6 Å². The molecule has 0 fully saturated rings. The van der Waals surface area contributed by atoms with Gasteiger partial charge in [0.25, 0.3) is 11.8 Å². The molecule has 30 heavy (non-hydrogen) atoms. The summed E-state index contributed by atoms with van der Waals surface area (Å²) in [6.07, 6.45) is 0.675. The lowest BCUT2D eigenvalue weighted by atomic mass is 10.0. The molecule has 0 saturated carbocycles. The summed E-state index contributed by atoms with van der Waals surface area (Å²) in [5, 5.41) is 3.54. The van der Waals surface area contributed by atoms with Crippen molar-refractivity contribution in [1.82, 2.24) is 5.32 Å². The van der Waals surface area contributed by atoms with Crippen LogP contribution in [0.25, 0.3) is 10.4 Å². The third kappa shape index (κ3) is 3.78. The summed E-state index contributed by atoms with van der Waals surface area (Å²) in [5.41, 5.74) is 3.05. The Balaban J connectivity index is 1.70. The number of thiophene rings is 1. The number of carbonyl (C=O) groups is 2. The van der Waals surface area contributed by atoms with E-state index in [9.17, 15) is 9.59 Å². The second-order valence-corrected chi connectivity index (χ2v) is 8.71. The minimum absolute atomic E-state index is 0.151. The maximum atomic E-state index is 13.1. The van der Waals surface area contributed by atoms with Gasteiger partial charge in [-0.1, -0.05) is 23.2 Å². The Hall–Kier alpha value is -2.54. The Morgan fingerprint density at radius 2 is 1.93 bits per heavy atom. The first-order chi connectivity index (χ1) is 14.4. The molecule has 4 rings (SSSR count). The summed E-state index contributed by atoms with van der Waals surface area (Å²) in [6.45, 7) is 0.473. The van der Waals surface area contributed by atoms with Crippen molar-refractivity contribution in [3.8, 4) is 16.2 Å². The maximum Gasteiger partial charge on any atom is 0.268 e. The van der Waals surface area contributed by atoms with Gasteiger partial charge in [0.1, 0.15) is 5.75 Å². The molecule has 2 heterocycles. The van der Waals surface area contributed by atoms with Crippen molar-refractivity contribution in [2.75, 3.05) is 25.6 Å². The van der Waals surface area contributed by atoms with Gasteiger partial charge >= 0.3 is 0 Å². The first-order valence-electron chi connectivity index (χ1n) is 9.24. The number of nitrogens with one attached hydrogen (secondary N) is 1. The van der Waals surface area contributed by atoms with Gasteiger partial charge in [0, 0.05) is 41.5 Å². The van der Waals surface area contributed by atoms with E-state index in [-0.39, 0.29) is 11.8 Å². The van der Waals surface area contributed by atoms with Crippen molar-refractivity contribution in [3.63, 3.8) is 0 Å². The van der Waals surface area contributed by atoms with Crippen LogP contribution in [0.5, 0.6) is 5.75 Å². The molecule has 0 unspecified atom stereocenters. The Morgan fingerprint density at radius 3 is 2.67 bits per heavy atom. The number of rotatable bonds is 3. The van der Waals surface area contributed by atoms with Crippen LogP contribution in [-0.2, 0) is 6.42 Å². The number of anilines is 1. The largest absolute Gasteiger partial charge is 0.493 e. The molecule has 8 heteroatoms. The molecule has 1 aromatic heterocycles. The van der Waals surface area contributed by atoms with Gasteiger partial charge in [-0.3, -0.25) is 9.59 Å². The monoisotopic (exact) mass is 460 g/mol. The number of amides is 2. The summed E-state index contributed by atoms with van der Waals surface area (Å²) >= 11 is 13.7. The number of halogens is 2. The van der Waals surface area contributed by atoms with Crippen molar-refractivity contribution in [2.45, 2.75) is 6.42 Å². The van der Waals surface area contributed by atoms with Crippen LogP contribution in [0, 0.1) is 0 Å². The molecule has 1 N–H and O–H groups in total. The van der Waals surface area contributed by atoms with E-state index in [0.717, 1.165) is 16.0 Å². The van der Waals surface area contributed by atoms with Crippen LogP contribution >= 0.6 is 34.5 Å². The van der Waals surface area contributed by atoms with Crippen molar-refractivity contribution >= 4 is 52.0 Å². The van der Waals surface area contributed by atoms with Crippen molar-refractivity contribution in [3.05, 3.63) is 68.5 Å². The molecular formula is C22H18Cl2N2O3S. The van der Waals surface area contributed by atoms with E-state index >= 15 is 0 Å². The molecule has 0 aliphatic carbocycles. The number of hydrogen-bond donors (Lipinski definition) is 1. The van der Waals surface area contributed by atoms with Crippen LogP contribution in [0.2, 0.25) is 10.0 Å². The fraction of sp³-hybridized carbons (Fsp3) is 0.182. The lowest BCUT2D eigenvalue weighted by molar-refractivity contribution is 0.0961. The van der Waals surface area contributed by atoms with Gasteiger partial charge in [0.15, 0.2) is 0 Å². The highest BCUT2D eigenvalue weighted by Gasteiger charge is 2.24. The number of benzene rings is 2. The molecule has 0 atom stereocenters. The molecule has 5 nitrogen and oxygen atoms in total. The van der Waals surface area contributed by atoms with E-state index in [2.05, 4.69) is 5.32 Å². The smallest absolute Gasteiger partial charge is 0.268 e. The lowest BCUT2D eigenvalue weighted by Gasteiger charge is -2.18. The number of fused-ring (bicyclic) bond motifs is 3. The predicted molar refractivity (Wildman–Crippen MR) is 122 cm³/mol. The number of carbonyl (C=O) groups excluding carboxylic acids is 2. The second kappa shape index (κ2) is 8.30. The van der Waals surface area contributed by atoms with Gasteiger partial charge in [-0.15, -0.1) is 11.3 Å². The fourth-order valence-corrected chi connectivity index (χ4v) is 5.11. The van der Waals surface area contributed by atoms with Crippen LogP contribution in [0.15, 0.2) is 42.5 Å². The molecule has 0 spiro atoms. The Kier molecular flexibility index (Phi) is 5.73. The standard InChI is InChI=1S/C22H18Cl2N2O3S/c1-25-21(27)13-3-5-15-18(9-13)29-8-7-12-10-19(30-20(12)15)22(28)26(2)17-6-4-14(23)11-16(17)24/h3-6,9-11H,7-8H2,1-2H3,(H,25,27). The van der Waals surface area contributed by atoms with E-state index in [1.165, 1.54) is 16.2 Å². The molecule has 0 radical (unpaired) electrons. The highest BCUT2D eigenvalue weighted by atomic mass is 35.5. The third-order valence-corrected chi connectivity index (χ3v) is 6.68. The predicted octanol–water partition coefficient (Wildman–Crippen LogP) is 5.29. The molecule has 0 bridgehead atoms. The Morgan fingerprint density at radius 1 is 1.13 bits per heavy atom. The first-order valence-corrected chi connectivity index (χ1v) is 10.8. The minimum Gasteiger partial charge on any atom is -0.493 e. The van der Waals surface area contributed by atoms with Crippen LogP contribution in [0.3, 0.4) is 0 Å². The first kappa shape index (κ1) is 20.7. The topological polar surface area (TPSA) is 58.6 Å². The average molecular weight is 461 g/mol. The van der Waals surface area contributed by atoms with Crippen LogP contribution in [-0.4, -0.2) is 32.5 Å². The van der Waals surface area contributed by atoms with Gasteiger partial charge in [-0.05, 0) is 48.0 Å². The van der Waals surface area contributed by atoms with E-state index in [0.29, 0.717) is 45.0 Å². The van der Waals surface area contributed by atoms with Gasteiger partial charge in [-0.25, -0.2) is 0 Å². The quantitative estimate of drug-likeness (QED) is 0.577. The van der Waals surface area contributed by atoms with Crippen LogP contribution < -0.4 is 15.0 Å². The average Bonchev–Trinajstić information content (AvgIpc) is 3.08. The van der Waals surface area contributed by atoms with Gasteiger partial charge in [-0.2, -0.15) is 0 Å². The highest BCUT2D eigenvalue weighted by Crippen LogP contribution is 2.42.